The Labute approximate surface area is 96.9 Å². The van der Waals surface area contributed by atoms with Crippen molar-refractivity contribution in [3.05, 3.63) is 33.8 Å². The summed E-state index contributed by atoms with van der Waals surface area (Å²) in [6.07, 6.45) is 2.31. The molecule has 0 bridgehead atoms. The summed E-state index contributed by atoms with van der Waals surface area (Å²) in [5, 5.41) is 9.12. The van der Waals surface area contributed by atoms with Gasteiger partial charge in [0.05, 0.1) is 17.2 Å². The lowest BCUT2D eigenvalue weighted by Crippen LogP contribution is -1.90. The zero-order valence-corrected chi connectivity index (χ0v) is 9.34. The minimum atomic E-state index is -1.06. The van der Waals surface area contributed by atoms with Gasteiger partial charge in [-0.25, -0.2) is 4.79 Å². The highest BCUT2D eigenvalue weighted by atomic mass is 35.5. The van der Waals surface area contributed by atoms with E-state index >= 15 is 0 Å². The predicted molar refractivity (Wildman–Crippen MR) is 59.7 cm³/mol. The van der Waals surface area contributed by atoms with Gasteiger partial charge in [-0.15, -0.1) is 0 Å². The molecule has 0 amide bonds. The number of hydrogen-bond donors (Lipinski definition) is 1. The van der Waals surface area contributed by atoms with Crippen molar-refractivity contribution in [1.29, 1.82) is 0 Å². The third-order valence-corrected chi connectivity index (χ3v) is 2.52. The van der Waals surface area contributed by atoms with Gasteiger partial charge in [-0.1, -0.05) is 23.2 Å². The number of methoxy groups -OCH3 is 1. The molecule has 80 valence electrons. The van der Waals surface area contributed by atoms with Crippen molar-refractivity contribution < 1.29 is 14.6 Å². The minimum Gasteiger partial charge on any atom is -0.496 e. The normalized spacial score (nSPS) is 10.6. The van der Waals surface area contributed by atoms with Gasteiger partial charge in [-0.3, -0.25) is 0 Å². The van der Waals surface area contributed by atoms with Gasteiger partial charge in [0.15, 0.2) is 0 Å². The number of rotatable bonds is 3. The van der Waals surface area contributed by atoms with E-state index < -0.39 is 5.97 Å². The molecule has 0 heterocycles. The maximum atomic E-state index is 10.4. The van der Waals surface area contributed by atoms with E-state index in [1.807, 2.05) is 0 Å². The van der Waals surface area contributed by atoms with E-state index in [0.29, 0.717) is 16.3 Å². The van der Waals surface area contributed by atoms with Gasteiger partial charge < -0.3 is 9.84 Å². The van der Waals surface area contributed by atoms with E-state index in [-0.39, 0.29) is 5.02 Å². The number of halogens is 2. The van der Waals surface area contributed by atoms with Crippen LogP contribution in [0.3, 0.4) is 0 Å². The van der Waals surface area contributed by atoms with Crippen LogP contribution >= 0.6 is 23.2 Å². The van der Waals surface area contributed by atoms with Crippen molar-refractivity contribution in [3.8, 4) is 5.75 Å². The molecule has 1 aromatic rings. The minimum absolute atomic E-state index is 0.272. The van der Waals surface area contributed by atoms with Crippen LogP contribution in [-0.4, -0.2) is 18.2 Å². The second-order valence-electron chi connectivity index (χ2n) is 2.65. The fourth-order valence-electron chi connectivity index (χ4n) is 1.04. The molecule has 0 aromatic heterocycles. The van der Waals surface area contributed by atoms with Crippen molar-refractivity contribution in [2.75, 3.05) is 7.11 Å². The molecule has 1 N–H and O–H groups in total. The zero-order valence-electron chi connectivity index (χ0n) is 7.83. The molecular formula is C10H8Cl2O3. The Bertz CT molecular complexity index is 413. The first-order valence-electron chi connectivity index (χ1n) is 3.99. The van der Waals surface area contributed by atoms with Crippen molar-refractivity contribution in [3.63, 3.8) is 0 Å². The molecule has 0 aliphatic rings. The number of carboxylic acid groups (broad SMARTS) is 1. The second kappa shape index (κ2) is 5.05. The second-order valence-corrected chi connectivity index (χ2v) is 3.43. The van der Waals surface area contributed by atoms with Crippen LogP contribution in [0, 0.1) is 0 Å². The number of hydrogen-bond acceptors (Lipinski definition) is 2. The zero-order chi connectivity index (χ0) is 11.4. The van der Waals surface area contributed by atoms with E-state index in [2.05, 4.69) is 0 Å². The molecule has 0 unspecified atom stereocenters. The Kier molecular flexibility index (Phi) is 4.00. The number of carboxylic acids is 1. The SMILES string of the molecule is COc1ccc(Cl)c(Cl)c1/C=C/C(=O)O. The molecule has 1 aromatic carbocycles. The first kappa shape index (κ1) is 11.9. The third kappa shape index (κ3) is 2.88. The highest BCUT2D eigenvalue weighted by Crippen LogP contribution is 2.33. The molecule has 0 aliphatic heterocycles. The maximum absolute atomic E-state index is 10.4. The standard InChI is InChI=1S/C10H8Cl2O3/c1-15-8-4-3-7(11)10(12)6(8)2-5-9(13)14/h2-5H,1H3,(H,13,14)/b5-2+. The average molecular weight is 247 g/mol. The van der Waals surface area contributed by atoms with Crippen LogP contribution in [0.1, 0.15) is 5.56 Å². The topological polar surface area (TPSA) is 46.5 Å². The summed E-state index contributed by atoms with van der Waals surface area (Å²) in [6, 6.07) is 3.20. The molecule has 0 atom stereocenters. The van der Waals surface area contributed by atoms with Crippen LogP contribution in [0.5, 0.6) is 5.75 Å². The number of aliphatic carboxylic acids is 1. The van der Waals surface area contributed by atoms with Gasteiger partial charge in [-0.2, -0.15) is 0 Å². The molecule has 0 radical (unpaired) electrons. The quantitative estimate of drug-likeness (QED) is 0.834. The van der Waals surface area contributed by atoms with Gasteiger partial charge in [-0.05, 0) is 18.2 Å². The first-order chi connectivity index (χ1) is 7.06. The van der Waals surface area contributed by atoms with E-state index in [4.69, 9.17) is 33.0 Å². The smallest absolute Gasteiger partial charge is 0.328 e. The van der Waals surface area contributed by atoms with Crippen molar-refractivity contribution >= 4 is 35.2 Å². The van der Waals surface area contributed by atoms with Gasteiger partial charge in [0.25, 0.3) is 0 Å². The first-order valence-corrected chi connectivity index (χ1v) is 4.75. The highest BCUT2D eigenvalue weighted by Gasteiger charge is 2.08. The molecule has 1 rings (SSSR count). The number of benzene rings is 1. The Hall–Kier alpha value is -1.19. The molecule has 0 saturated carbocycles. The Balaban J connectivity index is 3.23. The summed E-state index contributed by atoms with van der Waals surface area (Å²) in [5.41, 5.74) is 0.453. The average Bonchev–Trinajstić information content (AvgIpc) is 2.20. The van der Waals surface area contributed by atoms with Crippen molar-refractivity contribution in [2.24, 2.45) is 0 Å². The van der Waals surface area contributed by atoms with Gasteiger partial charge in [0.1, 0.15) is 5.75 Å². The van der Waals surface area contributed by atoms with E-state index in [9.17, 15) is 4.79 Å². The lowest BCUT2D eigenvalue weighted by atomic mass is 10.2. The fourth-order valence-corrected chi connectivity index (χ4v) is 1.42. The van der Waals surface area contributed by atoms with Crippen LogP contribution in [-0.2, 0) is 4.79 Å². The summed E-state index contributed by atoms with van der Waals surface area (Å²) >= 11 is 11.7. The van der Waals surface area contributed by atoms with E-state index in [1.54, 1.807) is 12.1 Å². The van der Waals surface area contributed by atoms with Crippen LogP contribution < -0.4 is 4.74 Å². The summed E-state index contributed by atoms with van der Waals surface area (Å²) in [5.74, 6) is -0.588. The van der Waals surface area contributed by atoms with Crippen molar-refractivity contribution in [1.82, 2.24) is 0 Å². The molecular weight excluding hydrogens is 239 g/mol. The summed E-state index contributed by atoms with van der Waals surface area (Å²) in [4.78, 5) is 10.4. The van der Waals surface area contributed by atoms with Crippen molar-refractivity contribution in [2.45, 2.75) is 0 Å². The summed E-state index contributed by atoms with van der Waals surface area (Å²) < 4.78 is 5.03. The Morgan fingerprint density at radius 1 is 1.47 bits per heavy atom. The van der Waals surface area contributed by atoms with Crippen LogP contribution in [0.2, 0.25) is 10.0 Å². The monoisotopic (exact) mass is 246 g/mol. The van der Waals surface area contributed by atoms with E-state index in [0.717, 1.165) is 6.08 Å². The summed E-state index contributed by atoms with van der Waals surface area (Å²) in [6.45, 7) is 0. The molecule has 5 heteroatoms. The summed E-state index contributed by atoms with van der Waals surface area (Å²) in [7, 11) is 1.47. The Morgan fingerprint density at radius 2 is 2.13 bits per heavy atom. The van der Waals surface area contributed by atoms with Crippen LogP contribution in [0.4, 0.5) is 0 Å². The highest BCUT2D eigenvalue weighted by molar-refractivity contribution is 6.43. The maximum Gasteiger partial charge on any atom is 0.328 e. The fraction of sp³-hybridized carbons (Fsp3) is 0.100. The van der Waals surface area contributed by atoms with Crippen LogP contribution in [0.15, 0.2) is 18.2 Å². The predicted octanol–water partition coefficient (Wildman–Crippen LogP) is 3.10. The van der Waals surface area contributed by atoms with Crippen LogP contribution in [0.25, 0.3) is 6.08 Å². The van der Waals surface area contributed by atoms with Gasteiger partial charge in [0, 0.05) is 11.6 Å². The molecule has 0 spiro atoms. The number of ether oxygens (including phenoxy) is 1. The Morgan fingerprint density at radius 3 is 2.67 bits per heavy atom. The van der Waals surface area contributed by atoms with Gasteiger partial charge >= 0.3 is 5.97 Å². The molecule has 3 nitrogen and oxygen atoms in total. The lowest BCUT2D eigenvalue weighted by molar-refractivity contribution is -0.131. The molecule has 15 heavy (non-hydrogen) atoms. The lowest BCUT2D eigenvalue weighted by Gasteiger charge is -2.07. The molecule has 0 fully saturated rings. The largest absolute Gasteiger partial charge is 0.496 e. The third-order valence-electron chi connectivity index (χ3n) is 1.71. The van der Waals surface area contributed by atoms with E-state index in [1.165, 1.54) is 13.2 Å². The van der Waals surface area contributed by atoms with Gasteiger partial charge in [0.2, 0.25) is 0 Å². The molecule has 0 saturated heterocycles. The molecule has 0 aliphatic carbocycles. The number of carbonyl (C=O) groups is 1.